The molecule has 0 fully saturated rings. The molecule has 7 heteroatoms. The van der Waals surface area contributed by atoms with Crippen molar-refractivity contribution in [3.8, 4) is 16.9 Å². The van der Waals surface area contributed by atoms with Crippen molar-refractivity contribution in [3.05, 3.63) is 66.5 Å². The van der Waals surface area contributed by atoms with Crippen LogP contribution in [-0.4, -0.2) is 36.2 Å². The molecule has 7 nitrogen and oxygen atoms in total. The maximum atomic E-state index is 12.0. The zero-order valence-corrected chi connectivity index (χ0v) is 15.8. The first-order chi connectivity index (χ1) is 13.6. The van der Waals surface area contributed by atoms with Crippen LogP contribution in [0.25, 0.3) is 11.1 Å². The Morgan fingerprint density at radius 1 is 1.29 bits per heavy atom. The molecule has 2 aromatic carbocycles. The Hall–Kier alpha value is -3.61. The molecule has 1 heterocycles. The molecule has 0 radical (unpaired) electrons. The van der Waals surface area contributed by atoms with Crippen LogP contribution in [0.15, 0.2) is 60.9 Å². The van der Waals surface area contributed by atoms with E-state index < -0.39 is 0 Å². The van der Waals surface area contributed by atoms with E-state index in [2.05, 4.69) is 15.5 Å². The Morgan fingerprint density at radius 3 is 2.68 bits per heavy atom. The van der Waals surface area contributed by atoms with Crippen LogP contribution in [-0.2, 0) is 9.59 Å². The molecule has 1 aromatic heterocycles. The van der Waals surface area contributed by atoms with Gasteiger partial charge in [-0.1, -0.05) is 30.3 Å². The van der Waals surface area contributed by atoms with E-state index in [4.69, 9.17) is 4.74 Å². The van der Waals surface area contributed by atoms with E-state index in [0.29, 0.717) is 18.0 Å². The van der Waals surface area contributed by atoms with Crippen molar-refractivity contribution in [3.63, 3.8) is 0 Å². The van der Waals surface area contributed by atoms with Crippen molar-refractivity contribution < 1.29 is 14.3 Å². The van der Waals surface area contributed by atoms with E-state index in [0.717, 1.165) is 23.1 Å². The maximum absolute atomic E-state index is 12.0. The minimum Gasteiger partial charge on any atom is -0.496 e. The minimum atomic E-state index is -0.355. The Morgan fingerprint density at radius 2 is 2.07 bits per heavy atom. The van der Waals surface area contributed by atoms with E-state index in [-0.39, 0.29) is 11.9 Å². The topological polar surface area (TPSA) is 87.3 Å². The third-order valence-electron chi connectivity index (χ3n) is 4.47. The Kier molecular flexibility index (Phi) is 6.06. The highest BCUT2D eigenvalue weighted by Gasteiger charge is 2.22. The largest absolute Gasteiger partial charge is 0.496 e. The van der Waals surface area contributed by atoms with E-state index in [1.54, 1.807) is 30.5 Å². The summed E-state index contributed by atoms with van der Waals surface area (Å²) < 4.78 is 5.53. The normalized spacial score (nSPS) is 11.5. The summed E-state index contributed by atoms with van der Waals surface area (Å²) >= 11 is 0. The number of nitrogens with zero attached hydrogens (tertiary/aromatic N) is 2. The lowest BCUT2D eigenvalue weighted by atomic mass is 10.0. The first-order valence-electron chi connectivity index (χ1n) is 8.84. The second-order valence-corrected chi connectivity index (χ2v) is 6.25. The van der Waals surface area contributed by atoms with Gasteiger partial charge < -0.3 is 15.0 Å². The number of aromatic amines is 1. The molecule has 0 bridgehead atoms. The van der Waals surface area contributed by atoms with E-state index in [9.17, 15) is 9.59 Å². The van der Waals surface area contributed by atoms with Gasteiger partial charge in [0.2, 0.25) is 12.3 Å². The third kappa shape index (κ3) is 4.20. The van der Waals surface area contributed by atoms with Crippen LogP contribution in [0.2, 0.25) is 0 Å². The first-order valence-corrected chi connectivity index (χ1v) is 8.84. The average molecular weight is 378 g/mol. The smallest absolute Gasteiger partial charge is 0.216 e. The summed E-state index contributed by atoms with van der Waals surface area (Å²) in [6.07, 6.45) is 4.25. The van der Waals surface area contributed by atoms with Gasteiger partial charge in [0.15, 0.2) is 0 Å². The lowest BCUT2D eigenvalue weighted by Gasteiger charge is -2.29. The minimum absolute atomic E-state index is 0.153. The zero-order valence-electron chi connectivity index (χ0n) is 15.8. The molecule has 0 saturated carbocycles. The van der Waals surface area contributed by atoms with E-state index in [1.165, 1.54) is 6.92 Å². The predicted octanol–water partition coefficient (Wildman–Crippen LogP) is 2.93. The van der Waals surface area contributed by atoms with Crippen molar-refractivity contribution in [2.24, 2.45) is 0 Å². The second kappa shape index (κ2) is 8.85. The number of aromatic nitrogens is 2. The summed E-state index contributed by atoms with van der Waals surface area (Å²) in [7, 11) is 1.58. The SMILES string of the molecule is COc1cc(N(C=O)[C@H](CNC(C)=O)c2ccccc2)ccc1-c1cn[nH]c1. The van der Waals surface area contributed by atoms with Gasteiger partial charge in [-0.3, -0.25) is 14.7 Å². The van der Waals surface area contributed by atoms with Crippen LogP contribution in [0.4, 0.5) is 5.69 Å². The Labute approximate surface area is 163 Å². The summed E-state index contributed by atoms with van der Waals surface area (Å²) in [5, 5.41) is 9.56. The number of rotatable bonds is 8. The van der Waals surface area contributed by atoms with Gasteiger partial charge in [-0.2, -0.15) is 5.10 Å². The molecule has 28 heavy (non-hydrogen) atoms. The standard InChI is InChI=1S/C21H22N4O3/c1-15(27)22-13-20(16-6-4-3-5-7-16)25(14-26)18-8-9-19(21(10-18)28-2)17-11-23-24-12-17/h3-12,14,20H,13H2,1-2H3,(H,22,27)(H,23,24)/t20-/m1/s1. The molecule has 0 saturated heterocycles. The molecule has 0 aliphatic carbocycles. The van der Waals surface area contributed by atoms with Crippen LogP contribution in [0.3, 0.4) is 0 Å². The third-order valence-corrected chi connectivity index (χ3v) is 4.47. The van der Waals surface area contributed by atoms with Crippen LogP contribution in [0.1, 0.15) is 18.5 Å². The van der Waals surface area contributed by atoms with Gasteiger partial charge in [-0.05, 0) is 17.7 Å². The van der Waals surface area contributed by atoms with E-state index in [1.807, 2.05) is 42.5 Å². The monoisotopic (exact) mass is 378 g/mol. The van der Waals surface area contributed by atoms with Gasteiger partial charge in [-0.25, -0.2) is 0 Å². The van der Waals surface area contributed by atoms with Crippen LogP contribution >= 0.6 is 0 Å². The fourth-order valence-corrected chi connectivity index (χ4v) is 3.08. The number of benzene rings is 2. The molecular formula is C21H22N4O3. The van der Waals surface area contributed by atoms with Gasteiger partial charge in [0, 0.05) is 42.5 Å². The van der Waals surface area contributed by atoms with Crippen molar-refractivity contribution in [1.29, 1.82) is 0 Å². The summed E-state index contributed by atoms with van der Waals surface area (Å²) in [6, 6.07) is 14.8. The molecule has 2 amide bonds. The number of ether oxygens (including phenoxy) is 1. The van der Waals surface area contributed by atoms with Gasteiger partial charge in [-0.15, -0.1) is 0 Å². The fraction of sp³-hybridized carbons (Fsp3) is 0.190. The molecule has 2 N–H and O–H groups in total. The number of carbonyl (C=O) groups is 2. The number of methoxy groups -OCH3 is 1. The van der Waals surface area contributed by atoms with Crippen LogP contribution in [0, 0.1) is 0 Å². The van der Waals surface area contributed by atoms with Crippen molar-refractivity contribution in [2.75, 3.05) is 18.6 Å². The van der Waals surface area contributed by atoms with E-state index >= 15 is 0 Å². The highest BCUT2D eigenvalue weighted by Crippen LogP contribution is 2.35. The number of H-pyrrole nitrogens is 1. The highest BCUT2D eigenvalue weighted by molar-refractivity contribution is 5.81. The van der Waals surface area contributed by atoms with Gasteiger partial charge in [0.25, 0.3) is 0 Å². The zero-order chi connectivity index (χ0) is 19.9. The lowest BCUT2D eigenvalue weighted by molar-refractivity contribution is -0.119. The van der Waals surface area contributed by atoms with Crippen molar-refractivity contribution >= 4 is 18.0 Å². The van der Waals surface area contributed by atoms with Crippen molar-refractivity contribution in [2.45, 2.75) is 13.0 Å². The molecular weight excluding hydrogens is 356 g/mol. The number of amides is 2. The molecule has 3 aromatic rings. The van der Waals surface area contributed by atoms with Crippen LogP contribution < -0.4 is 15.0 Å². The quantitative estimate of drug-likeness (QED) is 0.590. The van der Waals surface area contributed by atoms with Crippen molar-refractivity contribution in [1.82, 2.24) is 15.5 Å². The molecule has 3 rings (SSSR count). The summed E-state index contributed by atoms with van der Waals surface area (Å²) in [5.41, 5.74) is 3.34. The number of hydrogen-bond donors (Lipinski definition) is 2. The first kappa shape index (κ1) is 19.2. The van der Waals surface area contributed by atoms with Gasteiger partial charge >= 0.3 is 0 Å². The molecule has 0 spiro atoms. The Bertz CT molecular complexity index is 926. The Balaban J connectivity index is 1.99. The summed E-state index contributed by atoms with van der Waals surface area (Å²) in [6.45, 7) is 1.75. The number of hydrogen-bond acceptors (Lipinski definition) is 4. The number of anilines is 1. The predicted molar refractivity (Wildman–Crippen MR) is 107 cm³/mol. The second-order valence-electron chi connectivity index (χ2n) is 6.25. The summed E-state index contributed by atoms with van der Waals surface area (Å²) in [5.74, 6) is 0.469. The highest BCUT2D eigenvalue weighted by atomic mass is 16.5. The molecule has 0 unspecified atom stereocenters. The average Bonchev–Trinajstić information content (AvgIpc) is 3.25. The maximum Gasteiger partial charge on any atom is 0.216 e. The van der Waals surface area contributed by atoms with Gasteiger partial charge in [0.1, 0.15) is 5.75 Å². The molecule has 1 atom stereocenters. The lowest BCUT2D eigenvalue weighted by Crippen LogP contribution is -2.36. The molecule has 144 valence electrons. The number of carbonyl (C=O) groups excluding carboxylic acids is 2. The van der Waals surface area contributed by atoms with Crippen LogP contribution in [0.5, 0.6) is 5.75 Å². The number of nitrogens with one attached hydrogen (secondary N) is 2. The van der Waals surface area contributed by atoms with Gasteiger partial charge in [0.05, 0.1) is 19.3 Å². The molecule has 0 aliphatic heterocycles. The molecule has 0 aliphatic rings. The fourth-order valence-electron chi connectivity index (χ4n) is 3.08. The summed E-state index contributed by atoms with van der Waals surface area (Å²) in [4.78, 5) is 25.1.